The zero-order chi connectivity index (χ0) is 15.2. The first-order chi connectivity index (χ1) is 10.2. The van der Waals surface area contributed by atoms with Crippen LogP contribution in [0.15, 0.2) is 22.7 Å². The van der Waals surface area contributed by atoms with Crippen molar-refractivity contribution in [3.05, 3.63) is 28.2 Å². The van der Waals surface area contributed by atoms with Gasteiger partial charge >= 0.3 is 0 Å². The number of ether oxygens (including phenoxy) is 1. The minimum Gasteiger partial charge on any atom is -0.492 e. The summed E-state index contributed by atoms with van der Waals surface area (Å²) in [6.07, 6.45) is 5.11. The first kappa shape index (κ1) is 16.8. The maximum absolute atomic E-state index is 5.76. The lowest BCUT2D eigenvalue weighted by Gasteiger charge is -2.28. The van der Waals surface area contributed by atoms with E-state index in [1.807, 2.05) is 0 Å². The van der Waals surface area contributed by atoms with Gasteiger partial charge in [0.1, 0.15) is 5.75 Å². The van der Waals surface area contributed by atoms with Crippen molar-refractivity contribution >= 4 is 15.9 Å². The number of benzene rings is 1. The lowest BCUT2D eigenvalue weighted by Crippen LogP contribution is -2.29. The number of hydrogen-bond acceptors (Lipinski definition) is 2. The highest BCUT2D eigenvalue weighted by Crippen LogP contribution is 2.41. The molecule has 2 nitrogen and oxygen atoms in total. The van der Waals surface area contributed by atoms with E-state index in [4.69, 9.17) is 4.74 Å². The molecule has 1 aliphatic rings. The Kier molecular flexibility index (Phi) is 6.56. The Morgan fingerprint density at radius 2 is 2.14 bits per heavy atom. The average molecular weight is 354 g/mol. The summed E-state index contributed by atoms with van der Waals surface area (Å²) in [7, 11) is 0. The molecule has 1 aromatic rings. The molecule has 0 amide bonds. The van der Waals surface area contributed by atoms with Crippen LogP contribution in [0.5, 0.6) is 5.75 Å². The van der Waals surface area contributed by atoms with Crippen LogP contribution < -0.4 is 10.1 Å². The lowest BCUT2D eigenvalue weighted by atomic mass is 9.86. The third-order valence-corrected chi connectivity index (χ3v) is 5.18. The quantitative estimate of drug-likeness (QED) is 0.715. The molecule has 118 valence electrons. The first-order valence-electron chi connectivity index (χ1n) is 8.33. The summed E-state index contributed by atoms with van der Waals surface area (Å²) in [5.74, 6) is 2.51. The molecule has 0 saturated heterocycles. The second kappa shape index (κ2) is 8.19. The third-order valence-electron chi connectivity index (χ3n) is 4.56. The molecule has 2 rings (SSSR count). The molecule has 0 spiro atoms. The summed E-state index contributed by atoms with van der Waals surface area (Å²) in [6, 6.07) is 7.04. The molecule has 3 unspecified atom stereocenters. The molecule has 1 aliphatic carbocycles. The van der Waals surface area contributed by atoms with Crippen molar-refractivity contribution in [2.75, 3.05) is 13.2 Å². The topological polar surface area (TPSA) is 21.3 Å². The number of halogens is 1. The maximum Gasteiger partial charge on any atom is 0.133 e. The van der Waals surface area contributed by atoms with E-state index in [9.17, 15) is 0 Å². The van der Waals surface area contributed by atoms with E-state index in [1.165, 1.54) is 24.8 Å². The van der Waals surface area contributed by atoms with Gasteiger partial charge in [-0.15, -0.1) is 0 Å². The molecule has 1 aromatic carbocycles. The smallest absolute Gasteiger partial charge is 0.133 e. The minimum atomic E-state index is 0.462. The van der Waals surface area contributed by atoms with Crippen LogP contribution in [0.3, 0.4) is 0 Å². The maximum atomic E-state index is 5.76. The molecular formula is C18H28BrNO. The lowest BCUT2D eigenvalue weighted by molar-refractivity contribution is 0.303. The van der Waals surface area contributed by atoms with Crippen molar-refractivity contribution in [1.29, 1.82) is 0 Å². The second-order valence-corrected chi connectivity index (χ2v) is 7.00. The van der Waals surface area contributed by atoms with Gasteiger partial charge in [-0.05, 0) is 64.8 Å². The van der Waals surface area contributed by atoms with Crippen LogP contribution in [-0.2, 0) is 0 Å². The Morgan fingerprint density at radius 3 is 2.71 bits per heavy atom. The van der Waals surface area contributed by atoms with E-state index in [-0.39, 0.29) is 0 Å². The number of nitrogens with one attached hydrogen (secondary N) is 1. The molecule has 1 N–H and O–H groups in total. The van der Waals surface area contributed by atoms with E-state index in [0.29, 0.717) is 6.04 Å². The van der Waals surface area contributed by atoms with E-state index < -0.39 is 0 Å². The molecule has 0 aromatic heterocycles. The molecule has 3 heteroatoms. The Balaban J connectivity index is 2.18. The van der Waals surface area contributed by atoms with E-state index in [0.717, 1.165) is 41.6 Å². The van der Waals surface area contributed by atoms with Gasteiger partial charge in [-0.3, -0.25) is 0 Å². The highest BCUT2D eigenvalue weighted by molar-refractivity contribution is 9.10. The fraction of sp³-hybridized carbons (Fsp3) is 0.667. The Morgan fingerprint density at radius 1 is 1.33 bits per heavy atom. The second-order valence-electron chi connectivity index (χ2n) is 6.15. The van der Waals surface area contributed by atoms with Crippen LogP contribution in [0.2, 0.25) is 0 Å². The Labute approximate surface area is 137 Å². The van der Waals surface area contributed by atoms with E-state index in [2.05, 4.69) is 60.2 Å². The molecule has 0 heterocycles. The van der Waals surface area contributed by atoms with Gasteiger partial charge in [0.05, 0.1) is 11.1 Å². The highest BCUT2D eigenvalue weighted by Gasteiger charge is 2.31. The fourth-order valence-corrected chi connectivity index (χ4v) is 3.96. The molecule has 0 aliphatic heterocycles. The van der Waals surface area contributed by atoms with E-state index in [1.54, 1.807) is 0 Å². The summed E-state index contributed by atoms with van der Waals surface area (Å²) in [4.78, 5) is 0. The van der Waals surface area contributed by atoms with Crippen LogP contribution in [0.4, 0.5) is 0 Å². The van der Waals surface area contributed by atoms with Crippen molar-refractivity contribution < 1.29 is 4.74 Å². The summed E-state index contributed by atoms with van der Waals surface area (Å²) in [5, 5.41) is 3.70. The van der Waals surface area contributed by atoms with Gasteiger partial charge in [0.15, 0.2) is 0 Å². The number of hydrogen-bond donors (Lipinski definition) is 1. The predicted molar refractivity (Wildman–Crippen MR) is 92.9 cm³/mol. The van der Waals surface area contributed by atoms with Crippen LogP contribution in [0.1, 0.15) is 58.1 Å². The van der Waals surface area contributed by atoms with Crippen LogP contribution >= 0.6 is 15.9 Å². The first-order valence-corrected chi connectivity index (χ1v) is 9.12. The van der Waals surface area contributed by atoms with Crippen LogP contribution in [0.25, 0.3) is 0 Å². The van der Waals surface area contributed by atoms with Gasteiger partial charge < -0.3 is 10.1 Å². The van der Waals surface area contributed by atoms with Crippen molar-refractivity contribution in [2.24, 2.45) is 11.8 Å². The monoisotopic (exact) mass is 353 g/mol. The fourth-order valence-electron chi connectivity index (χ4n) is 3.45. The largest absolute Gasteiger partial charge is 0.492 e. The molecular weight excluding hydrogens is 326 g/mol. The SMILES string of the molecule is CCCOc1ccc(C(NCC)C2CCCC2C)cc1Br. The molecule has 0 bridgehead atoms. The van der Waals surface area contributed by atoms with Crippen molar-refractivity contribution in [3.63, 3.8) is 0 Å². The van der Waals surface area contributed by atoms with Gasteiger partial charge in [-0.25, -0.2) is 0 Å². The third kappa shape index (κ3) is 4.23. The van der Waals surface area contributed by atoms with Gasteiger partial charge in [-0.2, -0.15) is 0 Å². The Bertz CT molecular complexity index is 449. The van der Waals surface area contributed by atoms with Crippen molar-refractivity contribution in [2.45, 2.75) is 52.5 Å². The molecule has 3 atom stereocenters. The molecule has 21 heavy (non-hydrogen) atoms. The van der Waals surface area contributed by atoms with Gasteiger partial charge in [0.2, 0.25) is 0 Å². The van der Waals surface area contributed by atoms with Gasteiger partial charge in [-0.1, -0.05) is 39.7 Å². The zero-order valence-corrected chi connectivity index (χ0v) is 15.1. The minimum absolute atomic E-state index is 0.462. The summed E-state index contributed by atoms with van der Waals surface area (Å²) >= 11 is 3.67. The molecule has 1 saturated carbocycles. The Hall–Kier alpha value is -0.540. The summed E-state index contributed by atoms with van der Waals surface area (Å²) < 4.78 is 6.83. The van der Waals surface area contributed by atoms with Crippen LogP contribution in [0, 0.1) is 11.8 Å². The van der Waals surface area contributed by atoms with E-state index >= 15 is 0 Å². The van der Waals surface area contributed by atoms with Gasteiger partial charge in [0, 0.05) is 6.04 Å². The summed E-state index contributed by atoms with van der Waals surface area (Å²) in [6.45, 7) is 8.51. The zero-order valence-electron chi connectivity index (χ0n) is 13.5. The predicted octanol–water partition coefficient (Wildman–Crippen LogP) is 5.32. The normalized spacial score (nSPS) is 23.2. The van der Waals surface area contributed by atoms with Crippen molar-refractivity contribution in [1.82, 2.24) is 5.32 Å². The summed E-state index contributed by atoms with van der Waals surface area (Å²) in [5.41, 5.74) is 1.38. The van der Waals surface area contributed by atoms with Gasteiger partial charge in [0.25, 0.3) is 0 Å². The standard InChI is InChI=1S/C18H28BrNO/c1-4-11-21-17-10-9-14(12-16(17)19)18(20-5-2)15-8-6-7-13(15)3/h9-10,12-13,15,18,20H,4-8,11H2,1-3H3. The highest BCUT2D eigenvalue weighted by atomic mass is 79.9. The van der Waals surface area contributed by atoms with Crippen molar-refractivity contribution in [3.8, 4) is 5.75 Å². The number of rotatable bonds is 7. The molecule has 1 fully saturated rings. The molecule has 0 radical (unpaired) electrons. The average Bonchev–Trinajstić information content (AvgIpc) is 2.89. The van der Waals surface area contributed by atoms with Crippen LogP contribution in [-0.4, -0.2) is 13.2 Å².